The molecule has 0 aliphatic heterocycles. The van der Waals surface area contributed by atoms with E-state index in [4.69, 9.17) is 0 Å². The SMILES string of the molecule is O=C(CSCc1ccc(F)cc1)NCCSC1CCCC1. The number of nitrogens with one attached hydrogen (secondary N) is 1. The van der Waals surface area contributed by atoms with Gasteiger partial charge in [0.1, 0.15) is 5.82 Å². The number of hydrogen-bond acceptors (Lipinski definition) is 3. The highest BCUT2D eigenvalue weighted by molar-refractivity contribution is 8.00. The minimum Gasteiger partial charge on any atom is -0.355 e. The molecule has 1 fully saturated rings. The van der Waals surface area contributed by atoms with Crippen molar-refractivity contribution in [3.05, 3.63) is 35.6 Å². The van der Waals surface area contributed by atoms with Gasteiger partial charge in [0.2, 0.25) is 5.91 Å². The number of carbonyl (C=O) groups excluding carboxylic acids is 1. The first-order chi connectivity index (χ1) is 10.2. The molecule has 2 nitrogen and oxygen atoms in total. The summed E-state index contributed by atoms with van der Waals surface area (Å²) in [7, 11) is 0. The summed E-state index contributed by atoms with van der Waals surface area (Å²) in [4.78, 5) is 11.7. The first-order valence-electron chi connectivity index (χ1n) is 7.44. The summed E-state index contributed by atoms with van der Waals surface area (Å²) in [6, 6.07) is 6.43. The van der Waals surface area contributed by atoms with Gasteiger partial charge in [-0.25, -0.2) is 4.39 Å². The van der Waals surface area contributed by atoms with E-state index in [1.165, 1.54) is 37.8 Å². The van der Waals surface area contributed by atoms with Crippen LogP contribution in [-0.2, 0) is 10.5 Å². The number of thioether (sulfide) groups is 2. The topological polar surface area (TPSA) is 29.1 Å². The molecule has 1 amide bonds. The smallest absolute Gasteiger partial charge is 0.230 e. The Morgan fingerprint density at radius 1 is 1.24 bits per heavy atom. The van der Waals surface area contributed by atoms with Gasteiger partial charge >= 0.3 is 0 Å². The van der Waals surface area contributed by atoms with Crippen molar-refractivity contribution in [2.24, 2.45) is 0 Å². The van der Waals surface area contributed by atoms with E-state index < -0.39 is 0 Å². The number of halogens is 1. The van der Waals surface area contributed by atoms with Crippen LogP contribution in [0, 0.1) is 5.82 Å². The van der Waals surface area contributed by atoms with Gasteiger partial charge in [-0.2, -0.15) is 11.8 Å². The van der Waals surface area contributed by atoms with E-state index in [-0.39, 0.29) is 11.7 Å². The molecule has 0 heterocycles. The quantitative estimate of drug-likeness (QED) is 0.735. The van der Waals surface area contributed by atoms with Crippen LogP contribution in [-0.4, -0.2) is 29.2 Å². The highest BCUT2D eigenvalue weighted by atomic mass is 32.2. The zero-order chi connectivity index (χ0) is 14.9. The third kappa shape index (κ3) is 6.74. The minimum absolute atomic E-state index is 0.0918. The zero-order valence-electron chi connectivity index (χ0n) is 12.1. The van der Waals surface area contributed by atoms with Crippen LogP contribution in [0.1, 0.15) is 31.2 Å². The van der Waals surface area contributed by atoms with E-state index in [2.05, 4.69) is 5.32 Å². The van der Waals surface area contributed by atoms with Crippen LogP contribution in [0.3, 0.4) is 0 Å². The highest BCUT2D eigenvalue weighted by Gasteiger charge is 2.14. The summed E-state index contributed by atoms with van der Waals surface area (Å²) >= 11 is 3.55. The molecule has 0 saturated heterocycles. The van der Waals surface area contributed by atoms with E-state index >= 15 is 0 Å². The molecule has 1 aromatic carbocycles. The van der Waals surface area contributed by atoms with Crippen molar-refractivity contribution in [1.82, 2.24) is 5.32 Å². The Morgan fingerprint density at radius 3 is 2.67 bits per heavy atom. The Kier molecular flexibility index (Phi) is 7.44. The van der Waals surface area contributed by atoms with Gasteiger partial charge in [0.15, 0.2) is 0 Å². The van der Waals surface area contributed by atoms with Crippen molar-refractivity contribution in [3.8, 4) is 0 Å². The fourth-order valence-electron chi connectivity index (χ4n) is 2.36. The number of benzene rings is 1. The monoisotopic (exact) mass is 327 g/mol. The predicted octanol–water partition coefficient (Wildman–Crippen LogP) is 3.85. The molecule has 1 aliphatic carbocycles. The van der Waals surface area contributed by atoms with Gasteiger partial charge in [0.25, 0.3) is 0 Å². The van der Waals surface area contributed by atoms with Gasteiger partial charge in [-0.1, -0.05) is 25.0 Å². The molecular formula is C16H22FNOS2. The van der Waals surface area contributed by atoms with Crippen LogP contribution in [0.25, 0.3) is 0 Å². The lowest BCUT2D eigenvalue weighted by Gasteiger charge is -2.09. The van der Waals surface area contributed by atoms with E-state index in [1.807, 2.05) is 11.8 Å². The molecular weight excluding hydrogens is 305 g/mol. The van der Waals surface area contributed by atoms with Crippen molar-refractivity contribution in [2.45, 2.75) is 36.7 Å². The Morgan fingerprint density at radius 2 is 1.95 bits per heavy atom. The molecule has 116 valence electrons. The molecule has 1 N–H and O–H groups in total. The summed E-state index contributed by atoms with van der Waals surface area (Å²) in [5, 5.41) is 3.78. The van der Waals surface area contributed by atoms with Crippen LogP contribution in [0.4, 0.5) is 4.39 Å². The van der Waals surface area contributed by atoms with Crippen LogP contribution >= 0.6 is 23.5 Å². The Balaban J connectivity index is 1.50. The third-order valence-electron chi connectivity index (χ3n) is 3.50. The molecule has 0 spiro atoms. The largest absolute Gasteiger partial charge is 0.355 e. The molecule has 0 aromatic heterocycles. The molecule has 1 aliphatic rings. The van der Waals surface area contributed by atoms with Gasteiger partial charge in [-0.15, -0.1) is 11.8 Å². The van der Waals surface area contributed by atoms with E-state index in [1.54, 1.807) is 23.9 Å². The van der Waals surface area contributed by atoms with Crippen molar-refractivity contribution < 1.29 is 9.18 Å². The fourth-order valence-corrected chi connectivity index (χ4v) is 4.40. The molecule has 2 rings (SSSR count). The minimum atomic E-state index is -0.221. The normalized spacial score (nSPS) is 15.3. The lowest BCUT2D eigenvalue weighted by atomic mass is 10.2. The van der Waals surface area contributed by atoms with Crippen LogP contribution in [0.2, 0.25) is 0 Å². The number of hydrogen-bond donors (Lipinski definition) is 1. The van der Waals surface area contributed by atoms with E-state index in [0.717, 1.165) is 28.9 Å². The van der Waals surface area contributed by atoms with Crippen LogP contribution in [0.15, 0.2) is 24.3 Å². The predicted molar refractivity (Wildman–Crippen MR) is 90.3 cm³/mol. The second-order valence-corrected chi connectivity index (χ2v) is 7.64. The molecule has 0 atom stereocenters. The molecule has 1 aromatic rings. The molecule has 1 saturated carbocycles. The Hall–Kier alpha value is -0.680. The fraction of sp³-hybridized carbons (Fsp3) is 0.562. The summed E-state index contributed by atoms with van der Waals surface area (Å²) in [6.45, 7) is 0.761. The first-order valence-corrected chi connectivity index (χ1v) is 9.65. The second kappa shape index (κ2) is 9.36. The van der Waals surface area contributed by atoms with Gasteiger partial charge in [0, 0.05) is 23.3 Å². The Labute approximate surface area is 134 Å². The molecule has 0 bridgehead atoms. The van der Waals surface area contributed by atoms with E-state index in [0.29, 0.717) is 5.75 Å². The summed E-state index contributed by atoms with van der Waals surface area (Å²) in [5.41, 5.74) is 1.05. The molecule has 21 heavy (non-hydrogen) atoms. The Bertz CT molecular complexity index is 432. The third-order valence-corrected chi connectivity index (χ3v) is 5.88. The lowest BCUT2D eigenvalue weighted by Crippen LogP contribution is -2.27. The maximum Gasteiger partial charge on any atom is 0.230 e. The highest BCUT2D eigenvalue weighted by Crippen LogP contribution is 2.28. The maximum atomic E-state index is 12.7. The number of rotatable bonds is 8. The lowest BCUT2D eigenvalue weighted by molar-refractivity contribution is -0.118. The average Bonchev–Trinajstić information content (AvgIpc) is 2.99. The van der Waals surface area contributed by atoms with Crippen molar-refractivity contribution in [3.63, 3.8) is 0 Å². The summed E-state index contributed by atoms with van der Waals surface area (Å²) in [5.74, 6) is 2.09. The summed E-state index contributed by atoms with van der Waals surface area (Å²) < 4.78 is 12.7. The van der Waals surface area contributed by atoms with Crippen LogP contribution in [0.5, 0.6) is 0 Å². The second-order valence-electron chi connectivity index (χ2n) is 5.25. The van der Waals surface area contributed by atoms with Gasteiger partial charge in [-0.05, 0) is 30.5 Å². The van der Waals surface area contributed by atoms with Crippen LogP contribution < -0.4 is 5.32 Å². The molecule has 5 heteroatoms. The van der Waals surface area contributed by atoms with E-state index in [9.17, 15) is 9.18 Å². The average molecular weight is 327 g/mol. The van der Waals surface area contributed by atoms with Gasteiger partial charge < -0.3 is 5.32 Å². The number of carbonyl (C=O) groups is 1. The number of amides is 1. The van der Waals surface area contributed by atoms with Crippen molar-refractivity contribution in [1.29, 1.82) is 0 Å². The maximum absolute atomic E-state index is 12.7. The van der Waals surface area contributed by atoms with Gasteiger partial charge in [0.05, 0.1) is 5.75 Å². The first kappa shape index (κ1) is 16.7. The molecule has 0 radical (unpaired) electrons. The van der Waals surface area contributed by atoms with Crippen molar-refractivity contribution in [2.75, 3.05) is 18.1 Å². The van der Waals surface area contributed by atoms with Crippen molar-refractivity contribution >= 4 is 29.4 Å². The summed E-state index contributed by atoms with van der Waals surface area (Å²) in [6.07, 6.45) is 5.41. The van der Waals surface area contributed by atoms with Gasteiger partial charge in [-0.3, -0.25) is 4.79 Å². The standard InChI is InChI=1S/C16H22FNOS2/c17-14-7-5-13(6-8-14)11-20-12-16(19)18-9-10-21-15-3-1-2-4-15/h5-8,15H,1-4,9-12H2,(H,18,19). The zero-order valence-corrected chi connectivity index (χ0v) is 13.8. The molecule has 0 unspecified atom stereocenters.